The summed E-state index contributed by atoms with van der Waals surface area (Å²) in [6, 6.07) is 8.18. The van der Waals surface area contributed by atoms with Crippen molar-refractivity contribution in [3.05, 3.63) is 65.4 Å². The fourth-order valence-corrected chi connectivity index (χ4v) is 3.19. The molecule has 0 unspecified atom stereocenters. The number of alkyl halides is 3. The molecule has 2 N–H and O–H groups in total. The first-order valence-corrected chi connectivity index (χ1v) is 9.59. The van der Waals surface area contributed by atoms with E-state index in [-0.39, 0.29) is 27.7 Å². The van der Waals surface area contributed by atoms with Gasteiger partial charge in [0, 0.05) is 17.8 Å². The third-order valence-electron chi connectivity index (χ3n) is 4.17. The van der Waals surface area contributed by atoms with Crippen LogP contribution in [0.5, 0.6) is 11.5 Å². The van der Waals surface area contributed by atoms with E-state index >= 15 is 0 Å². The first kappa shape index (κ1) is 19.9. The molecule has 2 aromatic rings. The molecular formula is C19H17F3N2O3S. The lowest BCUT2D eigenvalue weighted by atomic mass is 10.1. The third-order valence-corrected chi connectivity index (χ3v) is 4.87. The van der Waals surface area contributed by atoms with Crippen LogP contribution < -0.4 is 10.1 Å². The summed E-state index contributed by atoms with van der Waals surface area (Å²) in [6.45, 7) is 0.806. The molecule has 1 fully saturated rings. The van der Waals surface area contributed by atoms with Gasteiger partial charge in [0.05, 0.1) is 16.2 Å². The Morgan fingerprint density at radius 1 is 1.14 bits per heavy atom. The van der Waals surface area contributed by atoms with Gasteiger partial charge in [-0.25, -0.2) is 8.42 Å². The van der Waals surface area contributed by atoms with Crippen LogP contribution >= 0.6 is 0 Å². The Morgan fingerprint density at radius 3 is 2.43 bits per heavy atom. The summed E-state index contributed by atoms with van der Waals surface area (Å²) in [5.74, 6) is 0.327. The molecule has 0 amide bonds. The van der Waals surface area contributed by atoms with Crippen LogP contribution in [0.15, 0.2) is 59.1 Å². The number of rotatable bonds is 5. The topological polar surface area (TPSA) is 79.3 Å². The quantitative estimate of drug-likeness (QED) is 0.512. The van der Waals surface area contributed by atoms with E-state index in [0.717, 1.165) is 37.2 Å². The van der Waals surface area contributed by atoms with Gasteiger partial charge in [-0.1, -0.05) is 0 Å². The van der Waals surface area contributed by atoms with Gasteiger partial charge < -0.3 is 15.5 Å². The Kier molecular flexibility index (Phi) is 5.73. The van der Waals surface area contributed by atoms with Gasteiger partial charge in [-0.15, -0.1) is 0 Å². The van der Waals surface area contributed by atoms with E-state index in [2.05, 4.69) is 5.32 Å². The molecule has 2 aromatic carbocycles. The highest BCUT2D eigenvalue weighted by molar-refractivity contribution is 7.72. The van der Waals surface area contributed by atoms with E-state index in [1.54, 1.807) is 6.08 Å². The molecule has 0 spiro atoms. The van der Waals surface area contributed by atoms with Crippen molar-refractivity contribution < 1.29 is 26.3 Å². The minimum absolute atomic E-state index is 0.0206. The third kappa shape index (κ3) is 4.72. The van der Waals surface area contributed by atoms with Gasteiger partial charge in [0.25, 0.3) is 0 Å². The van der Waals surface area contributed by atoms with Crippen molar-refractivity contribution in [1.29, 1.82) is 5.41 Å². The molecule has 1 heterocycles. The van der Waals surface area contributed by atoms with Gasteiger partial charge in [-0.3, -0.25) is 0 Å². The van der Waals surface area contributed by atoms with Gasteiger partial charge in [-0.05, 0) is 61.4 Å². The molecule has 0 atom stereocenters. The largest absolute Gasteiger partial charge is 0.457 e. The number of nitrogens with one attached hydrogen (secondary N) is 2. The van der Waals surface area contributed by atoms with Crippen LogP contribution in [0.25, 0.3) is 0 Å². The van der Waals surface area contributed by atoms with E-state index < -0.39 is 22.4 Å². The molecule has 1 aliphatic rings. The van der Waals surface area contributed by atoms with Crippen molar-refractivity contribution >= 4 is 16.4 Å². The van der Waals surface area contributed by atoms with E-state index in [0.29, 0.717) is 0 Å². The summed E-state index contributed by atoms with van der Waals surface area (Å²) in [4.78, 5) is 0.0206. The van der Waals surface area contributed by atoms with Crippen LogP contribution in [-0.2, 0) is 16.9 Å². The molecule has 1 saturated heterocycles. The zero-order valence-electron chi connectivity index (χ0n) is 14.5. The summed E-state index contributed by atoms with van der Waals surface area (Å²) < 4.78 is 66.3. The number of hydrogen-bond donors (Lipinski definition) is 3. The SMILES string of the molecule is N=C(/C=C1/CCCN1)c1cc([SH](=O)=O)ccc1Oc1ccc(C(F)(F)F)cc1. The Balaban J connectivity index is 1.93. The molecular weight excluding hydrogens is 393 g/mol. The Bertz CT molecular complexity index is 980. The van der Waals surface area contributed by atoms with Crippen LogP contribution in [0.3, 0.4) is 0 Å². The minimum Gasteiger partial charge on any atom is -0.457 e. The predicted octanol–water partition coefficient (Wildman–Crippen LogP) is 4.10. The second kappa shape index (κ2) is 8.05. The standard InChI is InChI=1S/C19H17F3N2O3S/c20-19(21,22)12-3-5-14(6-4-12)27-18-8-7-15(28(25)26)11-16(18)17(23)10-13-2-1-9-24-13/h3-8,10-11,23-24,28H,1-2,9H2/b13-10-,23-17?. The Morgan fingerprint density at radius 2 is 1.86 bits per heavy atom. The first-order chi connectivity index (χ1) is 13.2. The number of hydrogen-bond acceptors (Lipinski definition) is 5. The average Bonchev–Trinajstić information content (AvgIpc) is 3.14. The number of allylic oxidation sites excluding steroid dienone is 2. The Hall–Kier alpha value is -2.81. The monoisotopic (exact) mass is 410 g/mol. The number of halogens is 3. The fourth-order valence-electron chi connectivity index (χ4n) is 2.76. The fraction of sp³-hybridized carbons (Fsp3) is 0.211. The van der Waals surface area contributed by atoms with Crippen molar-refractivity contribution in [3.63, 3.8) is 0 Å². The number of ether oxygens (including phenoxy) is 1. The van der Waals surface area contributed by atoms with Crippen LogP contribution in [0.4, 0.5) is 13.2 Å². The Labute approximate surface area is 161 Å². The molecule has 0 aliphatic carbocycles. The highest BCUT2D eigenvalue weighted by Crippen LogP contribution is 2.32. The predicted molar refractivity (Wildman–Crippen MR) is 98.7 cm³/mol. The molecule has 148 valence electrons. The van der Waals surface area contributed by atoms with Gasteiger partial charge >= 0.3 is 6.18 Å². The first-order valence-electron chi connectivity index (χ1n) is 8.41. The average molecular weight is 410 g/mol. The normalized spacial score (nSPS) is 15.6. The second-order valence-electron chi connectivity index (χ2n) is 6.18. The van der Waals surface area contributed by atoms with Crippen molar-refractivity contribution in [1.82, 2.24) is 5.32 Å². The molecule has 1 aliphatic heterocycles. The highest BCUT2D eigenvalue weighted by Gasteiger charge is 2.30. The van der Waals surface area contributed by atoms with Crippen molar-refractivity contribution in [2.45, 2.75) is 23.9 Å². The maximum atomic E-state index is 12.7. The lowest BCUT2D eigenvalue weighted by Crippen LogP contribution is -2.07. The van der Waals surface area contributed by atoms with Crippen molar-refractivity contribution in [2.75, 3.05) is 6.54 Å². The van der Waals surface area contributed by atoms with E-state index in [1.807, 2.05) is 0 Å². The molecule has 3 rings (SSSR count). The molecule has 9 heteroatoms. The van der Waals surface area contributed by atoms with Crippen LogP contribution in [0, 0.1) is 5.41 Å². The summed E-state index contributed by atoms with van der Waals surface area (Å²) in [5, 5.41) is 11.5. The molecule has 0 radical (unpaired) electrons. The van der Waals surface area contributed by atoms with E-state index in [9.17, 15) is 21.6 Å². The molecule has 0 saturated carbocycles. The lowest BCUT2D eigenvalue weighted by Gasteiger charge is -2.13. The van der Waals surface area contributed by atoms with E-state index in [4.69, 9.17) is 10.1 Å². The molecule has 5 nitrogen and oxygen atoms in total. The molecule has 0 aromatic heterocycles. The maximum absolute atomic E-state index is 12.7. The zero-order valence-corrected chi connectivity index (χ0v) is 15.4. The van der Waals surface area contributed by atoms with Crippen molar-refractivity contribution in [3.8, 4) is 11.5 Å². The van der Waals surface area contributed by atoms with Crippen LogP contribution in [0.2, 0.25) is 0 Å². The summed E-state index contributed by atoms with van der Waals surface area (Å²) in [7, 11) is -2.85. The van der Waals surface area contributed by atoms with Crippen LogP contribution in [-0.4, -0.2) is 20.7 Å². The second-order valence-corrected chi connectivity index (χ2v) is 7.21. The van der Waals surface area contributed by atoms with Gasteiger partial charge in [0.1, 0.15) is 11.5 Å². The minimum atomic E-state index is -4.45. The zero-order chi connectivity index (χ0) is 20.3. The van der Waals surface area contributed by atoms with Gasteiger partial charge in [0.2, 0.25) is 0 Å². The molecule has 28 heavy (non-hydrogen) atoms. The number of thiol groups is 1. The van der Waals surface area contributed by atoms with Gasteiger partial charge in [0.15, 0.2) is 10.7 Å². The number of benzene rings is 2. The smallest absolute Gasteiger partial charge is 0.416 e. The summed E-state index contributed by atoms with van der Waals surface area (Å²) >= 11 is 0. The van der Waals surface area contributed by atoms with E-state index in [1.165, 1.54) is 30.3 Å². The highest BCUT2D eigenvalue weighted by atomic mass is 32.2. The molecule has 0 bridgehead atoms. The lowest BCUT2D eigenvalue weighted by molar-refractivity contribution is -0.137. The van der Waals surface area contributed by atoms with Gasteiger partial charge in [-0.2, -0.15) is 13.2 Å². The van der Waals surface area contributed by atoms with Crippen molar-refractivity contribution in [2.24, 2.45) is 0 Å². The summed E-state index contributed by atoms with van der Waals surface area (Å²) in [6.07, 6.45) is -1.12. The van der Waals surface area contributed by atoms with Crippen LogP contribution in [0.1, 0.15) is 24.0 Å². The summed E-state index contributed by atoms with van der Waals surface area (Å²) in [5.41, 5.74) is 0.341. The maximum Gasteiger partial charge on any atom is 0.416 e.